The number of anilines is 1. The van der Waals surface area contributed by atoms with Crippen molar-refractivity contribution in [2.45, 2.75) is 12.6 Å². The molecule has 0 amide bonds. The van der Waals surface area contributed by atoms with Crippen molar-refractivity contribution in [1.29, 1.82) is 0 Å². The number of hydrogen-bond donors (Lipinski definition) is 1. The van der Waals surface area contributed by atoms with Crippen LogP contribution in [0, 0.1) is 0 Å². The molecule has 0 bridgehead atoms. The summed E-state index contributed by atoms with van der Waals surface area (Å²) in [6.45, 7) is 0. The number of nitrogens with one attached hydrogen (secondary N) is 1. The second kappa shape index (κ2) is 4.34. The van der Waals surface area contributed by atoms with Crippen LogP contribution in [-0.2, 0) is 6.18 Å². The molecule has 0 atom stereocenters. The van der Waals surface area contributed by atoms with Crippen LogP contribution in [0.25, 0.3) is 10.2 Å². The molecule has 0 spiro atoms. The molecule has 1 aromatic carbocycles. The van der Waals surface area contributed by atoms with E-state index in [1.807, 2.05) is 0 Å². The average molecular weight is 282 g/mol. The minimum Gasteiger partial charge on any atom is -0.386 e. The Labute approximate surface area is 102 Å². The van der Waals surface area contributed by atoms with Crippen LogP contribution >= 0.6 is 11.3 Å². The zero-order chi connectivity index (χ0) is 13.5. The lowest BCUT2D eigenvalue weighted by Gasteiger charge is -2.09. The first-order valence-electron chi connectivity index (χ1n) is 4.80. The van der Waals surface area contributed by atoms with E-state index >= 15 is 0 Å². The predicted octanol–water partition coefficient (Wildman–Crippen LogP) is 4.29. The molecule has 0 fully saturated rings. The monoisotopic (exact) mass is 282 g/mol. The topological polar surface area (TPSA) is 24.9 Å². The first-order chi connectivity index (χ1) is 8.32. The summed E-state index contributed by atoms with van der Waals surface area (Å²) < 4.78 is 62.9. The van der Waals surface area contributed by atoms with Crippen LogP contribution in [0.15, 0.2) is 12.1 Å². The molecule has 1 aromatic heterocycles. The van der Waals surface area contributed by atoms with Crippen LogP contribution in [0.4, 0.5) is 27.6 Å². The van der Waals surface area contributed by atoms with Crippen LogP contribution in [0.2, 0.25) is 0 Å². The van der Waals surface area contributed by atoms with Crippen molar-refractivity contribution in [3.8, 4) is 0 Å². The van der Waals surface area contributed by atoms with Crippen LogP contribution in [-0.4, -0.2) is 12.0 Å². The normalized spacial score (nSPS) is 12.4. The summed E-state index contributed by atoms with van der Waals surface area (Å²) in [6, 6.07) is 1.69. The third-order valence-electron chi connectivity index (χ3n) is 2.29. The maximum absolute atomic E-state index is 12.6. The molecule has 2 rings (SSSR count). The van der Waals surface area contributed by atoms with Crippen LogP contribution in [0.5, 0.6) is 0 Å². The number of aromatic nitrogens is 1. The Kier molecular flexibility index (Phi) is 3.14. The van der Waals surface area contributed by atoms with Gasteiger partial charge in [0.15, 0.2) is 5.01 Å². The maximum atomic E-state index is 12.6. The molecule has 0 aliphatic rings. The molecule has 0 unspecified atom stereocenters. The third kappa shape index (κ3) is 2.24. The van der Waals surface area contributed by atoms with Gasteiger partial charge in [-0.3, -0.25) is 0 Å². The number of nitrogens with zero attached hydrogens (tertiary/aromatic N) is 1. The Bertz CT molecular complexity index is 575. The Hall–Kier alpha value is -1.44. The van der Waals surface area contributed by atoms with Gasteiger partial charge < -0.3 is 5.32 Å². The Morgan fingerprint density at radius 1 is 1.28 bits per heavy atom. The molecule has 0 saturated carbocycles. The summed E-state index contributed by atoms with van der Waals surface area (Å²) in [6.07, 6.45) is -7.31. The standard InChI is InChI=1S/C10H7F5N2S/c1-16-5-2-4(10(13,14)15)3-6-7(5)17-9(18-6)8(11)12/h2-3,8,16H,1H3. The van der Waals surface area contributed by atoms with Crippen LogP contribution < -0.4 is 5.32 Å². The lowest BCUT2D eigenvalue weighted by molar-refractivity contribution is -0.137. The molecular weight excluding hydrogens is 275 g/mol. The largest absolute Gasteiger partial charge is 0.416 e. The highest BCUT2D eigenvalue weighted by Gasteiger charge is 2.32. The highest BCUT2D eigenvalue weighted by atomic mass is 32.1. The molecule has 98 valence electrons. The van der Waals surface area contributed by atoms with E-state index in [0.717, 1.165) is 12.1 Å². The number of fused-ring (bicyclic) bond motifs is 1. The molecule has 2 aromatic rings. The SMILES string of the molecule is CNc1cc(C(F)(F)F)cc2sc(C(F)F)nc12. The molecular formula is C10H7F5N2S. The van der Waals surface area contributed by atoms with Gasteiger partial charge in [0.2, 0.25) is 0 Å². The van der Waals surface area contributed by atoms with Crippen molar-refractivity contribution in [2.75, 3.05) is 12.4 Å². The first-order valence-corrected chi connectivity index (χ1v) is 5.62. The molecule has 18 heavy (non-hydrogen) atoms. The lowest BCUT2D eigenvalue weighted by Crippen LogP contribution is -2.05. The summed E-state index contributed by atoms with van der Waals surface area (Å²) in [4.78, 5) is 3.64. The first kappa shape index (κ1) is 13.0. The molecule has 2 nitrogen and oxygen atoms in total. The molecule has 8 heteroatoms. The number of benzene rings is 1. The van der Waals surface area contributed by atoms with Gasteiger partial charge in [-0.2, -0.15) is 13.2 Å². The van der Waals surface area contributed by atoms with E-state index in [2.05, 4.69) is 10.3 Å². The number of halogens is 5. The predicted molar refractivity (Wildman–Crippen MR) is 59.1 cm³/mol. The van der Waals surface area contributed by atoms with Crippen LogP contribution in [0.3, 0.4) is 0 Å². The van der Waals surface area contributed by atoms with Crippen molar-refractivity contribution in [3.05, 3.63) is 22.7 Å². The third-order valence-corrected chi connectivity index (χ3v) is 3.30. The number of hydrogen-bond acceptors (Lipinski definition) is 3. The van der Waals surface area contributed by atoms with E-state index in [0.29, 0.717) is 11.3 Å². The minimum absolute atomic E-state index is 0.0861. The van der Waals surface area contributed by atoms with Gasteiger partial charge in [0.1, 0.15) is 5.52 Å². The fourth-order valence-corrected chi connectivity index (χ4v) is 2.38. The number of thiazole rings is 1. The zero-order valence-electron chi connectivity index (χ0n) is 8.98. The van der Waals surface area contributed by atoms with Gasteiger partial charge >= 0.3 is 6.18 Å². The second-order valence-electron chi connectivity index (χ2n) is 3.47. The quantitative estimate of drug-likeness (QED) is 0.831. The van der Waals surface area contributed by atoms with Gasteiger partial charge in [-0.1, -0.05) is 0 Å². The van der Waals surface area contributed by atoms with Crippen LogP contribution in [0.1, 0.15) is 17.0 Å². The Morgan fingerprint density at radius 2 is 1.94 bits per heavy atom. The molecule has 0 aliphatic carbocycles. The van der Waals surface area contributed by atoms with E-state index in [4.69, 9.17) is 0 Å². The fraction of sp³-hybridized carbons (Fsp3) is 0.300. The molecule has 1 N–H and O–H groups in total. The van der Waals surface area contributed by atoms with Gasteiger partial charge in [-0.15, -0.1) is 11.3 Å². The maximum Gasteiger partial charge on any atom is 0.416 e. The van der Waals surface area contributed by atoms with Crippen molar-refractivity contribution >= 4 is 27.2 Å². The van der Waals surface area contributed by atoms with Crippen molar-refractivity contribution in [1.82, 2.24) is 4.98 Å². The lowest BCUT2D eigenvalue weighted by atomic mass is 10.2. The summed E-state index contributed by atoms with van der Waals surface area (Å²) >= 11 is 0.564. The van der Waals surface area contributed by atoms with Gasteiger partial charge in [0, 0.05) is 7.05 Å². The van der Waals surface area contributed by atoms with Gasteiger partial charge in [0.05, 0.1) is 16.0 Å². The summed E-state index contributed by atoms with van der Waals surface area (Å²) in [7, 11) is 1.41. The van der Waals surface area contributed by atoms with E-state index in [1.165, 1.54) is 7.05 Å². The summed E-state index contributed by atoms with van der Waals surface area (Å²) in [5.41, 5.74) is -0.669. The van der Waals surface area contributed by atoms with E-state index in [-0.39, 0.29) is 15.9 Å². The van der Waals surface area contributed by atoms with E-state index in [1.54, 1.807) is 0 Å². The number of rotatable bonds is 2. The molecule has 0 aliphatic heterocycles. The number of alkyl halides is 5. The highest BCUT2D eigenvalue weighted by Crippen LogP contribution is 2.38. The summed E-state index contributed by atoms with van der Waals surface area (Å²) in [5, 5.41) is 2.05. The van der Waals surface area contributed by atoms with Crippen molar-refractivity contribution < 1.29 is 22.0 Å². The fourth-order valence-electron chi connectivity index (χ4n) is 1.49. The van der Waals surface area contributed by atoms with E-state index < -0.39 is 23.2 Å². The van der Waals surface area contributed by atoms with Gasteiger partial charge in [-0.05, 0) is 12.1 Å². The van der Waals surface area contributed by atoms with Crippen molar-refractivity contribution in [3.63, 3.8) is 0 Å². The smallest absolute Gasteiger partial charge is 0.386 e. The highest BCUT2D eigenvalue weighted by molar-refractivity contribution is 7.18. The van der Waals surface area contributed by atoms with Gasteiger partial charge in [-0.25, -0.2) is 13.8 Å². The van der Waals surface area contributed by atoms with Crippen molar-refractivity contribution in [2.24, 2.45) is 0 Å². The zero-order valence-corrected chi connectivity index (χ0v) is 9.79. The molecule has 0 radical (unpaired) electrons. The Balaban J connectivity index is 2.68. The van der Waals surface area contributed by atoms with E-state index in [9.17, 15) is 22.0 Å². The molecule has 1 heterocycles. The molecule has 0 saturated heterocycles. The second-order valence-corrected chi connectivity index (χ2v) is 4.53. The summed E-state index contributed by atoms with van der Waals surface area (Å²) in [5.74, 6) is 0. The van der Waals surface area contributed by atoms with Gasteiger partial charge in [0.25, 0.3) is 6.43 Å². The Morgan fingerprint density at radius 3 is 2.44 bits per heavy atom. The minimum atomic E-state index is -4.52. The average Bonchev–Trinajstić information content (AvgIpc) is 2.70.